The minimum absolute atomic E-state index is 0.507. The molecule has 0 aromatic heterocycles. The molecule has 2 nitrogen and oxygen atoms in total. The molecule has 1 fully saturated rings. The van der Waals surface area contributed by atoms with Gasteiger partial charge in [-0.05, 0) is 38.8 Å². The zero-order valence-electron chi connectivity index (χ0n) is 8.71. The van der Waals surface area contributed by atoms with Crippen molar-refractivity contribution in [1.29, 1.82) is 0 Å². The normalized spacial score (nSPS) is 28.0. The summed E-state index contributed by atoms with van der Waals surface area (Å²) < 4.78 is 0. The van der Waals surface area contributed by atoms with Crippen LogP contribution >= 0.6 is 0 Å². The highest BCUT2D eigenvalue weighted by Crippen LogP contribution is 2.17. The van der Waals surface area contributed by atoms with Crippen LogP contribution in [-0.2, 0) is 0 Å². The van der Waals surface area contributed by atoms with Gasteiger partial charge in [0.05, 0.1) is 0 Å². The molecule has 0 aliphatic carbocycles. The smallest absolute Gasteiger partial charge is 0.0247 e. The number of rotatable bonds is 3. The van der Waals surface area contributed by atoms with Crippen molar-refractivity contribution in [3.63, 3.8) is 0 Å². The molecule has 2 heteroatoms. The largest absolute Gasteiger partial charge is 0.330 e. The van der Waals surface area contributed by atoms with Gasteiger partial charge in [0.15, 0.2) is 0 Å². The van der Waals surface area contributed by atoms with Crippen LogP contribution in [0.25, 0.3) is 0 Å². The average Bonchev–Trinajstić information content (AvgIpc) is 2.41. The average molecular weight is 182 g/mol. The summed E-state index contributed by atoms with van der Waals surface area (Å²) in [6.07, 6.45) is 5.98. The quantitative estimate of drug-likeness (QED) is 0.672. The summed E-state index contributed by atoms with van der Waals surface area (Å²) in [7, 11) is 0. The Bertz CT molecular complexity index is 156. The lowest BCUT2D eigenvalue weighted by molar-refractivity contribution is 0.222. The number of nitrogens with zero attached hydrogens (tertiary/aromatic N) is 1. The summed E-state index contributed by atoms with van der Waals surface area (Å²) in [6, 6.07) is 0.507. The maximum atomic E-state index is 5.72. The fourth-order valence-electron chi connectivity index (χ4n) is 1.97. The van der Waals surface area contributed by atoms with E-state index in [4.69, 9.17) is 5.73 Å². The van der Waals surface area contributed by atoms with E-state index in [1.807, 2.05) is 6.08 Å². The minimum Gasteiger partial charge on any atom is -0.330 e. The van der Waals surface area contributed by atoms with Gasteiger partial charge in [0.1, 0.15) is 0 Å². The van der Waals surface area contributed by atoms with Crippen molar-refractivity contribution in [3.8, 4) is 0 Å². The maximum Gasteiger partial charge on any atom is 0.0247 e. The van der Waals surface area contributed by atoms with E-state index in [2.05, 4.69) is 18.4 Å². The van der Waals surface area contributed by atoms with Gasteiger partial charge in [-0.15, -0.1) is 6.58 Å². The molecule has 2 N–H and O–H groups in total. The molecule has 0 saturated carbocycles. The van der Waals surface area contributed by atoms with Crippen molar-refractivity contribution in [1.82, 2.24) is 4.90 Å². The van der Waals surface area contributed by atoms with Crippen molar-refractivity contribution in [2.45, 2.75) is 32.2 Å². The zero-order chi connectivity index (χ0) is 9.68. The molecule has 76 valence electrons. The molecule has 0 bridgehead atoms. The molecule has 1 aliphatic rings. The molecule has 1 rings (SSSR count). The van der Waals surface area contributed by atoms with Crippen LogP contribution in [0.5, 0.6) is 0 Å². The summed E-state index contributed by atoms with van der Waals surface area (Å²) in [5.74, 6) is 0.699. The SMILES string of the molecule is C=CC(C)N1CCCCC(CN)C1. The highest BCUT2D eigenvalue weighted by atomic mass is 15.1. The predicted molar refractivity (Wildman–Crippen MR) is 57.6 cm³/mol. The highest BCUT2D eigenvalue weighted by Gasteiger charge is 2.19. The van der Waals surface area contributed by atoms with Crippen molar-refractivity contribution >= 4 is 0 Å². The summed E-state index contributed by atoms with van der Waals surface area (Å²) in [5.41, 5.74) is 5.72. The van der Waals surface area contributed by atoms with Crippen LogP contribution in [0.1, 0.15) is 26.2 Å². The van der Waals surface area contributed by atoms with Gasteiger partial charge in [0, 0.05) is 12.6 Å². The molecule has 13 heavy (non-hydrogen) atoms. The second-order valence-corrected chi connectivity index (χ2v) is 4.07. The Morgan fingerprint density at radius 2 is 2.38 bits per heavy atom. The van der Waals surface area contributed by atoms with E-state index >= 15 is 0 Å². The van der Waals surface area contributed by atoms with Gasteiger partial charge in [-0.1, -0.05) is 12.5 Å². The van der Waals surface area contributed by atoms with Crippen LogP contribution in [0.15, 0.2) is 12.7 Å². The van der Waals surface area contributed by atoms with Crippen LogP contribution in [0.3, 0.4) is 0 Å². The van der Waals surface area contributed by atoms with E-state index in [1.165, 1.54) is 25.8 Å². The molecule has 2 atom stereocenters. The third-order valence-electron chi connectivity index (χ3n) is 3.05. The van der Waals surface area contributed by atoms with E-state index in [9.17, 15) is 0 Å². The van der Waals surface area contributed by atoms with Gasteiger partial charge in [0.25, 0.3) is 0 Å². The molecular formula is C11H22N2. The highest BCUT2D eigenvalue weighted by molar-refractivity contribution is 4.86. The third kappa shape index (κ3) is 3.12. The predicted octanol–water partition coefficient (Wildman–Crippen LogP) is 1.62. The van der Waals surface area contributed by atoms with Crippen LogP contribution in [-0.4, -0.2) is 30.6 Å². The lowest BCUT2D eigenvalue weighted by Crippen LogP contribution is -2.36. The molecule has 1 heterocycles. The van der Waals surface area contributed by atoms with E-state index in [0.717, 1.165) is 13.1 Å². The fraction of sp³-hybridized carbons (Fsp3) is 0.818. The number of nitrogens with two attached hydrogens (primary N) is 1. The van der Waals surface area contributed by atoms with Crippen molar-refractivity contribution in [2.75, 3.05) is 19.6 Å². The summed E-state index contributed by atoms with van der Waals surface area (Å²) in [5, 5.41) is 0. The third-order valence-corrected chi connectivity index (χ3v) is 3.05. The molecule has 1 saturated heterocycles. The first-order valence-corrected chi connectivity index (χ1v) is 5.34. The molecule has 0 aromatic carbocycles. The molecule has 0 spiro atoms. The molecule has 0 amide bonds. The van der Waals surface area contributed by atoms with Crippen LogP contribution in [0.4, 0.5) is 0 Å². The van der Waals surface area contributed by atoms with Crippen molar-refractivity contribution in [2.24, 2.45) is 11.7 Å². The van der Waals surface area contributed by atoms with E-state index in [0.29, 0.717) is 12.0 Å². The van der Waals surface area contributed by atoms with Crippen LogP contribution < -0.4 is 5.73 Å². The second kappa shape index (κ2) is 5.40. The lowest BCUT2D eigenvalue weighted by atomic mass is 10.0. The van der Waals surface area contributed by atoms with E-state index in [-0.39, 0.29) is 0 Å². The first-order valence-electron chi connectivity index (χ1n) is 5.34. The molecule has 1 aliphatic heterocycles. The maximum absolute atomic E-state index is 5.72. The Labute approximate surface area is 81.8 Å². The zero-order valence-corrected chi connectivity index (χ0v) is 8.71. The van der Waals surface area contributed by atoms with Gasteiger partial charge in [-0.25, -0.2) is 0 Å². The van der Waals surface area contributed by atoms with Gasteiger partial charge in [-0.3, -0.25) is 4.90 Å². The first-order chi connectivity index (χ1) is 6.27. The minimum atomic E-state index is 0.507. The summed E-state index contributed by atoms with van der Waals surface area (Å²) in [6.45, 7) is 9.26. The van der Waals surface area contributed by atoms with Crippen molar-refractivity contribution in [3.05, 3.63) is 12.7 Å². The fourth-order valence-corrected chi connectivity index (χ4v) is 1.97. The Morgan fingerprint density at radius 3 is 3.00 bits per heavy atom. The lowest BCUT2D eigenvalue weighted by Gasteiger charge is -2.27. The van der Waals surface area contributed by atoms with E-state index in [1.54, 1.807) is 0 Å². The standard InChI is InChI=1S/C11H22N2/c1-3-10(2)13-7-5-4-6-11(8-12)9-13/h3,10-11H,1,4-9,12H2,2H3. The summed E-state index contributed by atoms with van der Waals surface area (Å²) in [4.78, 5) is 2.50. The molecule has 0 radical (unpaired) electrons. The Balaban J connectivity index is 2.48. The first kappa shape index (κ1) is 10.7. The topological polar surface area (TPSA) is 29.3 Å². The van der Waals surface area contributed by atoms with Gasteiger partial charge < -0.3 is 5.73 Å². The Morgan fingerprint density at radius 1 is 1.62 bits per heavy atom. The van der Waals surface area contributed by atoms with Gasteiger partial charge >= 0.3 is 0 Å². The number of hydrogen-bond acceptors (Lipinski definition) is 2. The number of hydrogen-bond donors (Lipinski definition) is 1. The van der Waals surface area contributed by atoms with Crippen LogP contribution in [0, 0.1) is 5.92 Å². The Hall–Kier alpha value is -0.340. The van der Waals surface area contributed by atoms with Gasteiger partial charge in [-0.2, -0.15) is 0 Å². The molecule has 0 aromatic rings. The summed E-state index contributed by atoms with van der Waals surface area (Å²) >= 11 is 0. The van der Waals surface area contributed by atoms with Gasteiger partial charge in [0.2, 0.25) is 0 Å². The second-order valence-electron chi connectivity index (χ2n) is 4.07. The monoisotopic (exact) mass is 182 g/mol. The van der Waals surface area contributed by atoms with E-state index < -0.39 is 0 Å². The molecule has 2 unspecified atom stereocenters. The Kier molecular flexibility index (Phi) is 4.46. The molecular weight excluding hydrogens is 160 g/mol. The van der Waals surface area contributed by atoms with Crippen molar-refractivity contribution < 1.29 is 0 Å². The van der Waals surface area contributed by atoms with Crippen LogP contribution in [0.2, 0.25) is 0 Å². The number of likely N-dealkylation sites (tertiary alicyclic amines) is 1.